The summed E-state index contributed by atoms with van der Waals surface area (Å²) < 4.78 is 41.8. The Labute approximate surface area is 164 Å². The molecule has 0 heterocycles. The average molecular weight is 399 g/mol. The van der Waals surface area contributed by atoms with Gasteiger partial charge in [0.25, 0.3) is 0 Å². The molecular formula is C21H34O5S. The van der Waals surface area contributed by atoms with E-state index in [0.717, 1.165) is 12.8 Å². The molecule has 2 rings (SSSR count). The van der Waals surface area contributed by atoms with Crippen LogP contribution in [0.1, 0.15) is 58.3 Å². The first-order valence-corrected chi connectivity index (χ1v) is 11.5. The number of ether oxygens (including phenoxy) is 3. The van der Waals surface area contributed by atoms with Gasteiger partial charge < -0.3 is 14.2 Å². The molecule has 0 bridgehead atoms. The summed E-state index contributed by atoms with van der Waals surface area (Å²) in [5.41, 5.74) is 0. The van der Waals surface area contributed by atoms with Gasteiger partial charge in [0.15, 0.2) is 9.84 Å². The summed E-state index contributed by atoms with van der Waals surface area (Å²) in [4.78, 5) is 0.391. The highest BCUT2D eigenvalue weighted by atomic mass is 32.2. The Kier molecular flexibility index (Phi) is 9.22. The van der Waals surface area contributed by atoms with Gasteiger partial charge in [-0.3, -0.25) is 0 Å². The van der Waals surface area contributed by atoms with Gasteiger partial charge in [-0.1, -0.05) is 63.6 Å². The van der Waals surface area contributed by atoms with E-state index in [1.54, 1.807) is 31.4 Å². The first-order chi connectivity index (χ1) is 13.1. The van der Waals surface area contributed by atoms with Crippen molar-refractivity contribution in [2.24, 2.45) is 0 Å². The quantitative estimate of drug-likeness (QED) is 0.324. The zero-order valence-electron chi connectivity index (χ0n) is 16.7. The van der Waals surface area contributed by atoms with Gasteiger partial charge in [-0.25, -0.2) is 8.42 Å². The smallest absolute Gasteiger partial charge is 0.186 e. The normalized spacial score (nSPS) is 22.1. The minimum atomic E-state index is -3.43. The largest absolute Gasteiger partial charge is 0.382 e. The lowest BCUT2D eigenvalue weighted by Gasteiger charge is -2.19. The van der Waals surface area contributed by atoms with Gasteiger partial charge in [0.1, 0.15) is 11.5 Å². The van der Waals surface area contributed by atoms with E-state index in [-0.39, 0.29) is 12.9 Å². The summed E-state index contributed by atoms with van der Waals surface area (Å²) in [7, 11) is -1.81. The highest BCUT2D eigenvalue weighted by molar-refractivity contribution is 7.93. The Balaban J connectivity index is 1.96. The van der Waals surface area contributed by atoms with Crippen LogP contribution >= 0.6 is 0 Å². The van der Waals surface area contributed by atoms with Crippen LogP contribution < -0.4 is 0 Å². The Morgan fingerprint density at radius 1 is 1.04 bits per heavy atom. The highest BCUT2D eigenvalue weighted by Gasteiger charge is 2.64. The van der Waals surface area contributed by atoms with Crippen molar-refractivity contribution in [2.75, 3.05) is 27.1 Å². The van der Waals surface area contributed by atoms with Crippen LogP contribution in [0.3, 0.4) is 0 Å². The summed E-state index contributed by atoms with van der Waals surface area (Å²) in [5.74, 6) is 0. The molecule has 1 fully saturated rings. The molecule has 27 heavy (non-hydrogen) atoms. The van der Waals surface area contributed by atoms with Gasteiger partial charge in [0, 0.05) is 7.11 Å². The van der Waals surface area contributed by atoms with Gasteiger partial charge in [0.2, 0.25) is 0 Å². The van der Waals surface area contributed by atoms with Crippen LogP contribution in [-0.4, -0.2) is 46.4 Å². The molecular weight excluding hydrogens is 364 g/mol. The predicted octanol–water partition coefficient (Wildman–Crippen LogP) is 4.36. The molecule has 6 heteroatoms. The Bertz CT molecular complexity index is 631. The third-order valence-electron chi connectivity index (χ3n) is 5.28. The lowest BCUT2D eigenvalue weighted by atomic mass is 10.1. The molecule has 1 aromatic carbocycles. The maximum Gasteiger partial charge on any atom is 0.186 e. The minimum absolute atomic E-state index is 0.108. The number of hydrogen-bond donors (Lipinski definition) is 0. The molecule has 5 nitrogen and oxygen atoms in total. The molecule has 1 aromatic rings. The molecule has 0 radical (unpaired) electrons. The monoisotopic (exact) mass is 398 g/mol. The van der Waals surface area contributed by atoms with Crippen LogP contribution in [0.2, 0.25) is 0 Å². The van der Waals surface area contributed by atoms with Crippen molar-refractivity contribution in [3.63, 3.8) is 0 Å². The SMILES string of the molecule is CCCCCCCCC1(S(=O)(=O)c2ccccc2)CC1OCOCCOC. The highest BCUT2D eigenvalue weighted by Crippen LogP contribution is 2.52. The molecule has 154 valence electrons. The Hall–Kier alpha value is -0.950. The first kappa shape index (κ1) is 22.3. The van der Waals surface area contributed by atoms with Crippen molar-refractivity contribution in [3.8, 4) is 0 Å². The van der Waals surface area contributed by atoms with Crippen molar-refractivity contribution < 1.29 is 22.6 Å². The second kappa shape index (κ2) is 11.1. The summed E-state index contributed by atoms with van der Waals surface area (Å²) in [5, 5.41) is 0. The molecule has 2 atom stereocenters. The van der Waals surface area contributed by atoms with Crippen LogP contribution in [0.15, 0.2) is 35.2 Å². The van der Waals surface area contributed by atoms with Gasteiger partial charge in [-0.2, -0.15) is 0 Å². The first-order valence-electron chi connectivity index (χ1n) is 10.1. The van der Waals surface area contributed by atoms with Gasteiger partial charge in [0.05, 0.1) is 24.2 Å². The van der Waals surface area contributed by atoms with Crippen LogP contribution in [0.4, 0.5) is 0 Å². The number of hydrogen-bond acceptors (Lipinski definition) is 5. The van der Waals surface area contributed by atoms with Gasteiger partial charge in [-0.15, -0.1) is 0 Å². The van der Waals surface area contributed by atoms with Crippen LogP contribution in [0.5, 0.6) is 0 Å². The topological polar surface area (TPSA) is 61.8 Å². The maximum atomic E-state index is 13.3. The Morgan fingerprint density at radius 2 is 1.74 bits per heavy atom. The minimum Gasteiger partial charge on any atom is -0.382 e. The van der Waals surface area contributed by atoms with E-state index >= 15 is 0 Å². The fourth-order valence-corrected chi connectivity index (χ4v) is 5.70. The third-order valence-corrected chi connectivity index (χ3v) is 7.88. The molecule has 1 aliphatic rings. The lowest BCUT2D eigenvalue weighted by molar-refractivity contribution is -0.0749. The molecule has 0 N–H and O–H groups in total. The van der Waals surface area contributed by atoms with E-state index in [9.17, 15) is 8.42 Å². The molecule has 0 spiro atoms. The number of benzene rings is 1. The van der Waals surface area contributed by atoms with Crippen LogP contribution in [-0.2, 0) is 24.0 Å². The van der Waals surface area contributed by atoms with E-state index in [2.05, 4.69) is 6.92 Å². The van der Waals surface area contributed by atoms with E-state index in [1.165, 1.54) is 25.7 Å². The number of methoxy groups -OCH3 is 1. The van der Waals surface area contributed by atoms with Crippen LogP contribution in [0, 0.1) is 0 Å². The van der Waals surface area contributed by atoms with Gasteiger partial charge >= 0.3 is 0 Å². The average Bonchev–Trinajstić information content (AvgIpc) is 3.40. The van der Waals surface area contributed by atoms with Crippen molar-refractivity contribution in [2.45, 2.75) is 74.0 Å². The van der Waals surface area contributed by atoms with Gasteiger partial charge in [-0.05, 0) is 25.0 Å². The fraction of sp³-hybridized carbons (Fsp3) is 0.714. The van der Waals surface area contributed by atoms with E-state index in [1.807, 2.05) is 6.07 Å². The molecule has 0 aromatic heterocycles. The van der Waals surface area contributed by atoms with Crippen molar-refractivity contribution >= 4 is 9.84 Å². The second-order valence-electron chi connectivity index (χ2n) is 7.28. The fourth-order valence-electron chi connectivity index (χ4n) is 3.52. The zero-order chi connectivity index (χ0) is 19.6. The summed E-state index contributed by atoms with van der Waals surface area (Å²) in [6.07, 6.45) is 7.75. The Morgan fingerprint density at radius 3 is 2.44 bits per heavy atom. The zero-order valence-corrected chi connectivity index (χ0v) is 17.5. The third kappa shape index (κ3) is 6.01. The number of sulfone groups is 1. The lowest BCUT2D eigenvalue weighted by Crippen LogP contribution is -2.29. The predicted molar refractivity (Wildman–Crippen MR) is 107 cm³/mol. The van der Waals surface area contributed by atoms with Crippen molar-refractivity contribution in [3.05, 3.63) is 30.3 Å². The summed E-state index contributed by atoms with van der Waals surface area (Å²) in [6, 6.07) is 8.75. The molecule has 0 amide bonds. The van der Waals surface area contributed by atoms with E-state index in [0.29, 0.717) is 31.0 Å². The van der Waals surface area contributed by atoms with E-state index in [4.69, 9.17) is 14.2 Å². The molecule has 0 saturated heterocycles. The van der Waals surface area contributed by atoms with Crippen molar-refractivity contribution in [1.29, 1.82) is 0 Å². The standard InChI is InChI=1S/C21H34O5S/c1-3-4-5-6-7-11-14-21(17-20(21)26-18-25-16-15-24-2)27(22,23)19-12-9-8-10-13-19/h8-10,12-13,20H,3-7,11,14-18H2,1-2H3. The second-order valence-corrected chi connectivity index (χ2v) is 9.57. The van der Waals surface area contributed by atoms with Crippen molar-refractivity contribution in [1.82, 2.24) is 0 Å². The number of unbranched alkanes of at least 4 members (excludes halogenated alkanes) is 5. The summed E-state index contributed by atoms with van der Waals surface area (Å²) in [6.45, 7) is 3.25. The molecule has 1 aliphatic carbocycles. The summed E-state index contributed by atoms with van der Waals surface area (Å²) >= 11 is 0. The number of rotatable bonds is 15. The van der Waals surface area contributed by atoms with Crippen LogP contribution in [0.25, 0.3) is 0 Å². The molecule has 2 unspecified atom stereocenters. The maximum absolute atomic E-state index is 13.3. The molecule has 1 saturated carbocycles. The molecule has 0 aliphatic heterocycles. The van der Waals surface area contributed by atoms with E-state index < -0.39 is 14.6 Å².